The third kappa shape index (κ3) is 3.07. The number of methoxy groups -OCH3 is 3. The van der Waals surface area contributed by atoms with Crippen molar-refractivity contribution in [2.24, 2.45) is 0 Å². The molecule has 1 aromatic rings. The van der Waals surface area contributed by atoms with Gasteiger partial charge in [0.15, 0.2) is 0 Å². The fraction of sp³-hybridized carbons (Fsp3) is 0.417. The first-order valence-corrected chi connectivity index (χ1v) is 5.41. The van der Waals surface area contributed by atoms with Gasteiger partial charge in [-0.1, -0.05) is 18.2 Å². The van der Waals surface area contributed by atoms with Crippen molar-refractivity contribution < 1.29 is 23.9 Å². The van der Waals surface area contributed by atoms with Gasteiger partial charge in [-0.15, -0.1) is 0 Å². The van der Waals surface area contributed by atoms with Crippen LogP contribution in [0, 0.1) is 10.1 Å². The summed E-state index contributed by atoms with van der Waals surface area (Å²) in [6, 6.07) is 6.06. The molecular formula is C12H15NO6. The van der Waals surface area contributed by atoms with Crippen molar-refractivity contribution in [2.45, 2.75) is 12.2 Å². The van der Waals surface area contributed by atoms with E-state index in [2.05, 4.69) is 4.74 Å². The van der Waals surface area contributed by atoms with Crippen molar-refractivity contribution in [1.29, 1.82) is 0 Å². The SMILES string of the molecule is COC(=O)C(Cc1ccccc1[N+](=O)[O-])(OC)OC. The molecule has 0 aliphatic rings. The van der Waals surface area contributed by atoms with Gasteiger partial charge in [0.25, 0.3) is 11.5 Å². The highest BCUT2D eigenvalue weighted by atomic mass is 16.7. The van der Waals surface area contributed by atoms with Crippen LogP contribution in [0.1, 0.15) is 5.56 Å². The molecule has 0 saturated carbocycles. The Morgan fingerprint density at radius 1 is 1.26 bits per heavy atom. The van der Waals surface area contributed by atoms with Gasteiger partial charge in [0.2, 0.25) is 0 Å². The Morgan fingerprint density at radius 2 is 1.84 bits per heavy atom. The number of nitro benzene ring substituents is 1. The molecule has 7 nitrogen and oxygen atoms in total. The Balaban J connectivity index is 3.17. The molecule has 0 fully saturated rings. The molecule has 1 rings (SSSR count). The van der Waals surface area contributed by atoms with Gasteiger partial charge in [-0.05, 0) is 0 Å². The van der Waals surface area contributed by atoms with Gasteiger partial charge in [-0.25, -0.2) is 4.79 Å². The number of carbonyl (C=O) groups excluding carboxylic acids is 1. The van der Waals surface area contributed by atoms with Crippen LogP contribution in [0.2, 0.25) is 0 Å². The van der Waals surface area contributed by atoms with E-state index in [4.69, 9.17) is 9.47 Å². The first-order chi connectivity index (χ1) is 9.00. The number of carbonyl (C=O) groups is 1. The molecule has 1 aromatic carbocycles. The molecule has 0 heterocycles. The number of hydrogen-bond acceptors (Lipinski definition) is 6. The van der Waals surface area contributed by atoms with Gasteiger partial charge in [-0.2, -0.15) is 0 Å². The van der Waals surface area contributed by atoms with Crippen molar-refractivity contribution in [2.75, 3.05) is 21.3 Å². The Kier molecular flexibility index (Phi) is 4.96. The largest absolute Gasteiger partial charge is 0.465 e. The zero-order chi connectivity index (χ0) is 14.5. The van der Waals surface area contributed by atoms with Gasteiger partial charge in [-0.3, -0.25) is 10.1 Å². The summed E-state index contributed by atoms with van der Waals surface area (Å²) < 4.78 is 14.7. The van der Waals surface area contributed by atoms with Gasteiger partial charge in [0.05, 0.1) is 12.0 Å². The molecule has 0 saturated heterocycles. The average molecular weight is 269 g/mol. The van der Waals surface area contributed by atoms with Crippen LogP contribution in [-0.2, 0) is 25.4 Å². The summed E-state index contributed by atoms with van der Waals surface area (Å²) in [7, 11) is 3.74. The summed E-state index contributed by atoms with van der Waals surface area (Å²) in [4.78, 5) is 22.1. The van der Waals surface area contributed by atoms with E-state index < -0.39 is 16.7 Å². The Labute approximate surface area is 110 Å². The normalized spacial score (nSPS) is 11.1. The molecule has 0 bridgehead atoms. The maximum atomic E-state index is 11.7. The van der Waals surface area contributed by atoms with Gasteiger partial charge < -0.3 is 14.2 Å². The predicted octanol–water partition coefficient (Wildman–Crippen LogP) is 1.30. The second kappa shape index (κ2) is 6.26. The number of nitrogens with zero attached hydrogens (tertiary/aromatic N) is 1. The standard InChI is InChI=1S/C12H15NO6/c1-17-11(14)12(18-2,19-3)8-9-6-4-5-7-10(9)13(15)16/h4-7H,8H2,1-3H3. The average Bonchev–Trinajstić information content (AvgIpc) is 2.44. The number of benzene rings is 1. The second-order valence-electron chi connectivity index (χ2n) is 3.72. The van der Waals surface area contributed by atoms with Crippen LogP contribution in [0.15, 0.2) is 24.3 Å². The lowest BCUT2D eigenvalue weighted by Crippen LogP contribution is -2.45. The van der Waals surface area contributed by atoms with Crippen molar-refractivity contribution >= 4 is 11.7 Å². The van der Waals surface area contributed by atoms with Crippen molar-refractivity contribution in [3.8, 4) is 0 Å². The Hall–Kier alpha value is -1.99. The third-order valence-corrected chi connectivity index (χ3v) is 2.77. The highest BCUT2D eigenvalue weighted by Gasteiger charge is 2.42. The summed E-state index contributed by atoms with van der Waals surface area (Å²) in [6.07, 6.45) is -0.121. The molecular weight excluding hydrogens is 254 g/mol. The zero-order valence-electron chi connectivity index (χ0n) is 10.9. The van der Waals surface area contributed by atoms with Crippen LogP contribution in [0.4, 0.5) is 5.69 Å². The monoisotopic (exact) mass is 269 g/mol. The molecule has 0 aliphatic heterocycles. The van der Waals surface area contributed by atoms with Crippen molar-refractivity contribution in [3.05, 3.63) is 39.9 Å². The molecule has 0 N–H and O–H groups in total. The van der Waals surface area contributed by atoms with Crippen LogP contribution < -0.4 is 0 Å². The van der Waals surface area contributed by atoms with E-state index in [1.165, 1.54) is 33.5 Å². The van der Waals surface area contributed by atoms with E-state index in [1.54, 1.807) is 12.1 Å². The minimum atomic E-state index is -1.69. The number of hydrogen-bond donors (Lipinski definition) is 0. The highest BCUT2D eigenvalue weighted by molar-refractivity contribution is 5.78. The number of rotatable bonds is 6. The van der Waals surface area contributed by atoms with Gasteiger partial charge >= 0.3 is 5.97 Å². The minimum absolute atomic E-state index is 0.107. The summed E-state index contributed by atoms with van der Waals surface area (Å²) in [5.41, 5.74) is 0.214. The van der Waals surface area contributed by atoms with E-state index >= 15 is 0 Å². The number of esters is 1. The van der Waals surface area contributed by atoms with Crippen LogP contribution in [0.5, 0.6) is 0 Å². The van der Waals surface area contributed by atoms with Crippen molar-refractivity contribution in [1.82, 2.24) is 0 Å². The molecule has 0 atom stereocenters. The van der Waals surface area contributed by atoms with Crippen LogP contribution >= 0.6 is 0 Å². The number of nitro groups is 1. The second-order valence-corrected chi connectivity index (χ2v) is 3.72. The molecule has 0 spiro atoms. The number of para-hydroxylation sites is 1. The van der Waals surface area contributed by atoms with Gasteiger partial charge in [0, 0.05) is 32.3 Å². The first kappa shape index (κ1) is 15.1. The van der Waals surface area contributed by atoms with Crippen LogP contribution in [-0.4, -0.2) is 38.0 Å². The summed E-state index contributed by atoms with van der Waals surface area (Å²) in [5.74, 6) is -2.45. The zero-order valence-corrected chi connectivity index (χ0v) is 10.9. The predicted molar refractivity (Wildman–Crippen MR) is 65.6 cm³/mol. The molecule has 0 radical (unpaired) electrons. The van der Waals surface area contributed by atoms with E-state index in [9.17, 15) is 14.9 Å². The lowest BCUT2D eigenvalue weighted by molar-refractivity contribution is -0.386. The molecule has 0 amide bonds. The molecule has 0 unspecified atom stereocenters. The topological polar surface area (TPSA) is 87.9 Å². The van der Waals surface area contributed by atoms with Gasteiger partial charge in [0.1, 0.15) is 0 Å². The molecule has 104 valence electrons. The molecule has 0 aromatic heterocycles. The summed E-state index contributed by atoms with van der Waals surface area (Å²) >= 11 is 0. The Morgan fingerprint density at radius 3 is 2.32 bits per heavy atom. The molecule has 0 aliphatic carbocycles. The fourth-order valence-corrected chi connectivity index (χ4v) is 1.71. The van der Waals surface area contributed by atoms with Crippen LogP contribution in [0.25, 0.3) is 0 Å². The minimum Gasteiger partial charge on any atom is -0.465 e. The number of ether oxygens (including phenoxy) is 3. The van der Waals surface area contributed by atoms with E-state index in [-0.39, 0.29) is 12.1 Å². The quantitative estimate of drug-likeness (QED) is 0.335. The van der Waals surface area contributed by atoms with Crippen molar-refractivity contribution in [3.63, 3.8) is 0 Å². The van der Waals surface area contributed by atoms with E-state index in [0.717, 1.165) is 0 Å². The lowest BCUT2D eigenvalue weighted by Gasteiger charge is -2.27. The lowest BCUT2D eigenvalue weighted by atomic mass is 10.0. The summed E-state index contributed by atoms with van der Waals surface area (Å²) in [6.45, 7) is 0. The highest BCUT2D eigenvalue weighted by Crippen LogP contribution is 2.26. The van der Waals surface area contributed by atoms with E-state index in [0.29, 0.717) is 5.56 Å². The van der Waals surface area contributed by atoms with Crippen LogP contribution in [0.3, 0.4) is 0 Å². The maximum Gasteiger partial charge on any atom is 0.366 e. The molecule has 7 heteroatoms. The Bertz CT molecular complexity index is 469. The smallest absolute Gasteiger partial charge is 0.366 e. The first-order valence-electron chi connectivity index (χ1n) is 5.41. The van der Waals surface area contributed by atoms with E-state index in [1.807, 2.05) is 0 Å². The maximum absolute atomic E-state index is 11.7. The summed E-state index contributed by atoms with van der Waals surface area (Å²) in [5, 5.41) is 10.9. The fourth-order valence-electron chi connectivity index (χ4n) is 1.71. The third-order valence-electron chi connectivity index (χ3n) is 2.77. The molecule has 19 heavy (non-hydrogen) atoms.